The van der Waals surface area contributed by atoms with Gasteiger partial charge in [-0.25, -0.2) is 0 Å². The third kappa shape index (κ3) is 3.12. The number of thioether (sulfide) groups is 1. The zero-order valence-corrected chi connectivity index (χ0v) is 12.1. The van der Waals surface area contributed by atoms with Crippen molar-refractivity contribution in [3.8, 4) is 11.1 Å². The quantitative estimate of drug-likeness (QED) is 0.593. The molecule has 0 saturated heterocycles. The van der Waals surface area contributed by atoms with Gasteiger partial charge < -0.3 is 4.90 Å². The molecule has 0 amide bonds. The highest BCUT2D eigenvalue weighted by molar-refractivity contribution is 8.23. The van der Waals surface area contributed by atoms with Gasteiger partial charge in [0.05, 0.1) is 0 Å². The summed E-state index contributed by atoms with van der Waals surface area (Å²) in [5.74, 6) is 0. The lowest BCUT2D eigenvalue weighted by Crippen LogP contribution is -2.15. The van der Waals surface area contributed by atoms with E-state index in [4.69, 9.17) is 12.2 Å². The van der Waals surface area contributed by atoms with Crippen LogP contribution < -0.4 is 0 Å². The van der Waals surface area contributed by atoms with Crippen molar-refractivity contribution in [3.63, 3.8) is 0 Å². The van der Waals surface area contributed by atoms with Crippen molar-refractivity contribution < 1.29 is 0 Å². The molecule has 0 heterocycles. The molecule has 1 nitrogen and oxygen atoms in total. The van der Waals surface area contributed by atoms with Gasteiger partial charge in [-0.1, -0.05) is 72.5 Å². The SMILES string of the molecule is CN(C)C(=S)Sc1ccccc1-c1ccccc1. The Balaban J connectivity index is 2.35. The van der Waals surface area contributed by atoms with Crippen LogP contribution in [0.4, 0.5) is 0 Å². The largest absolute Gasteiger partial charge is 0.363 e. The minimum Gasteiger partial charge on any atom is -0.363 e. The van der Waals surface area contributed by atoms with Crippen molar-refractivity contribution in [1.29, 1.82) is 0 Å². The molecule has 0 aliphatic rings. The molecular formula is C15H15NS2. The van der Waals surface area contributed by atoms with Gasteiger partial charge in [0.2, 0.25) is 0 Å². The van der Waals surface area contributed by atoms with E-state index in [9.17, 15) is 0 Å². The van der Waals surface area contributed by atoms with E-state index in [0.717, 1.165) is 4.32 Å². The molecule has 2 aromatic carbocycles. The molecule has 0 spiro atoms. The fourth-order valence-corrected chi connectivity index (χ4v) is 2.68. The summed E-state index contributed by atoms with van der Waals surface area (Å²) in [7, 11) is 3.95. The van der Waals surface area contributed by atoms with Crippen LogP contribution in [0.15, 0.2) is 59.5 Å². The number of hydrogen-bond acceptors (Lipinski definition) is 2. The summed E-state index contributed by atoms with van der Waals surface area (Å²) in [5.41, 5.74) is 2.45. The maximum atomic E-state index is 5.36. The Bertz CT molecular complexity index is 535. The average molecular weight is 273 g/mol. The van der Waals surface area contributed by atoms with Crippen LogP contribution in [0.25, 0.3) is 11.1 Å². The Kier molecular flexibility index (Phi) is 4.39. The van der Waals surface area contributed by atoms with Crippen molar-refractivity contribution >= 4 is 28.3 Å². The first-order valence-corrected chi connectivity index (χ1v) is 6.94. The molecule has 0 atom stereocenters. The van der Waals surface area contributed by atoms with Gasteiger partial charge >= 0.3 is 0 Å². The lowest BCUT2D eigenvalue weighted by Gasteiger charge is -2.15. The molecule has 18 heavy (non-hydrogen) atoms. The van der Waals surface area contributed by atoms with E-state index in [1.54, 1.807) is 11.8 Å². The summed E-state index contributed by atoms with van der Waals surface area (Å²) in [6, 6.07) is 18.7. The van der Waals surface area contributed by atoms with E-state index in [1.807, 2.05) is 31.1 Å². The molecular weight excluding hydrogens is 258 g/mol. The summed E-state index contributed by atoms with van der Waals surface area (Å²) >= 11 is 6.99. The highest BCUT2D eigenvalue weighted by Crippen LogP contribution is 2.32. The highest BCUT2D eigenvalue weighted by atomic mass is 32.2. The third-order valence-corrected chi connectivity index (χ3v) is 4.27. The van der Waals surface area contributed by atoms with Crippen LogP contribution in [0.3, 0.4) is 0 Å². The average Bonchev–Trinajstić information content (AvgIpc) is 2.40. The lowest BCUT2D eigenvalue weighted by atomic mass is 10.1. The zero-order valence-electron chi connectivity index (χ0n) is 10.5. The number of nitrogens with zero attached hydrogens (tertiary/aromatic N) is 1. The predicted octanol–water partition coefficient (Wildman–Crippen LogP) is 4.29. The summed E-state index contributed by atoms with van der Waals surface area (Å²) < 4.78 is 0.874. The van der Waals surface area contributed by atoms with Gasteiger partial charge in [-0.2, -0.15) is 0 Å². The Labute approximate surface area is 118 Å². The molecule has 2 rings (SSSR count). The standard InChI is InChI=1S/C15H15NS2/c1-16(2)15(17)18-14-11-7-6-10-13(14)12-8-4-3-5-9-12/h3-11H,1-2H3. The smallest absolute Gasteiger partial charge is 0.140 e. The topological polar surface area (TPSA) is 3.24 Å². The Hall–Kier alpha value is -1.32. The van der Waals surface area contributed by atoms with E-state index in [0.29, 0.717) is 0 Å². The molecule has 0 saturated carbocycles. The van der Waals surface area contributed by atoms with E-state index in [1.165, 1.54) is 16.0 Å². The molecule has 0 aliphatic carbocycles. The zero-order chi connectivity index (χ0) is 13.0. The molecule has 92 valence electrons. The van der Waals surface area contributed by atoms with Crippen LogP contribution in [0, 0.1) is 0 Å². The van der Waals surface area contributed by atoms with E-state index in [2.05, 4.69) is 42.5 Å². The molecule has 0 fully saturated rings. The van der Waals surface area contributed by atoms with Crippen molar-refractivity contribution in [2.24, 2.45) is 0 Å². The van der Waals surface area contributed by atoms with Crippen molar-refractivity contribution in [3.05, 3.63) is 54.6 Å². The van der Waals surface area contributed by atoms with Crippen molar-refractivity contribution in [2.45, 2.75) is 4.90 Å². The summed E-state index contributed by atoms with van der Waals surface area (Å²) in [5, 5.41) is 0. The molecule has 0 radical (unpaired) electrons. The lowest BCUT2D eigenvalue weighted by molar-refractivity contribution is 0.648. The van der Waals surface area contributed by atoms with Gasteiger partial charge in [0.15, 0.2) is 0 Å². The molecule has 0 bridgehead atoms. The van der Waals surface area contributed by atoms with Crippen LogP contribution in [-0.4, -0.2) is 23.3 Å². The van der Waals surface area contributed by atoms with Gasteiger partial charge in [-0.15, -0.1) is 0 Å². The molecule has 0 N–H and O–H groups in total. The first-order valence-electron chi connectivity index (χ1n) is 5.72. The van der Waals surface area contributed by atoms with E-state index < -0.39 is 0 Å². The molecule has 3 heteroatoms. The van der Waals surface area contributed by atoms with Crippen molar-refractivity contribution in [1.82, 2.24) is 4.90 Å². The molecule has 0 unspecified atom stereocenters. The summed E-state index contributed by atoms with van der Waals surface area (Å²) in [6.07, 6.45) is 0. The first kappa shape index (κ1) is 13.1. The monoisotopic (exact) mass is 273 g/mol. The second-order valence-electron chi connectivity index (χ2n) is 4.12. The highest BCUT2D eigenvalue weighted by Gasteiger charge is 2.08. The minimum absolute atomic E-state index is 0.874. The number of benzene rings is 2. The molecule has 0 aliphatic heterocycles. The van der Waals surface area contributed by atoms with Gasteiger partial charge in [0, 0.05) is 19.0 Å². The maximum Gasteiger partial charge on any atom is 0.140 e. The Morgan fingerprint density at radius 1 is 0.944 bits per heavy atom. The van der Waals surface area contributed by atoms with Gasteiger partial charge in [0.1, 0.15) is 4.32 Å². The van der Waals surface area contributed by atoms with Crippen LogP contribution in [0.1, 0.15) is 0 Å². The second kappa shape index (κ2) is 6.03. The van der Waals surface area contributed by atoms with Gasteiger partial charge in [0.25, 0.3) is 0 Å². The second-order valence-corrected chi connectivity index (χ2v) is 5.80. The number of hydrogen-bond donors (Lipinski definition) is 0. The van der Waals surface area contributed by atoms with Gasteiger partial charge in [-0.3, -0.25) is 0 Å². The fourth-order valence-electron chi connectivity index (χ4n) is 1.60. The Morgan fingerprint density at radius 2 is 1.56 bits per heavy atom. The first-order chi connectivity index (χ1) is 8.68. The van der Waals surface area contributed by atoms with Crippen molar-refractivity contribution in [2.75, 3.05) is 14.1 Å². The maximum absolute atomic E-state index is 5.36. The molecule has 0 aromatic heterocycles. The van der Waals surface area contributed by atoms with E-state index >= 15 is 0 Å². The summed E-state index contributed by atoms with van der Waals surface area (Å²) in [6.45, 7) is 0. The predicted molar refractivity (Wildman–Crippen MR) is 84.0 cm³/mol. The Morgan fingerprint density at radius 3 is 2.22 bits per heavy atom. The summed E-state index contributed by atoms with van der Waals surface area (Å²) in [4.78, 5) is 3.16. The number of thiocarbonyl (C=S) groups is 1. The van der Waals surface area contributed by atoms with Crippen LogP contribution in [0.5, 0.6) is 0 Å². The van der Waals surface area contributed by atoms with E-state index in [-0.39, 0.29) is 0 Å². The fraction of sp³-hybridized carbons (Fsp3) is 0.133. The van der Waals surface area contributed by atoms with Crippen LogP contribution >= 0.6 is 24.0 Å². The normalized spacial score (nSPS) is 10.1. The van der Waals surface area contributed by atoms with Gasteiger partial charge in [-0.05, 0) is 17.2 Å². The number of rotatable bonds is 2. The minimum atomic E-state index is 0.874. The van der Waals surface area contributed by atoms with Crippen LogP contribution in [0.2, 0.25) is 0 Å². The van der Waals surface area contributed by atoms with Crippen LogP contribution in [-0.2, 0) is 0 Å². The third-order valence-electron chi connectivity index (χ3n) is 2.53. The molecule has 2 aromatic rings.